The number of rotatable bonds is 6. The van der Waals surface area contributed by atoms with Crippen LogP contribution in [0.15, 0.2) is 11.6 Å². The summed E-state index contributed by atoms with van der Waals surface area (Å²) in [4.78, 5) is 18.2. The van der Waals surface area contributed by atoms with Crippen LogP contribution in [0.4, 0.5) is 13.2 Å². The Kier molecular flexibility index (Phi) is 5.03. The van der Waals surface area contributed by atoms with Crippen molar-refractivity contribution in [3.8, 4) is 0 Å². The Morgan fingerprint density at radius 2 is 2.20 bits per heavy atom. The summed E-state index contributed by atoms with van der Waals surface area (Å²) in [6.07, 6.45) is -4.11. The summed E-state index contributed by atoms with van der Waals surface area (Å²) < 4.78 is 43.6. The molecule has 0 saturated heterocycles. The number of aromatic nitrogens is 3. The summed E-state index contributed by atoms with van der Waals surface area (Å²) >= 11 is 7.44. The monoisotopic (exact) mass is 394 g/mol. The van der Waals surface area contributed by atoms with Crippen LogP contribution in [0.1, 0.15) is 23.5 Å². The predicted molar refractivity (Wildman–Crippen MR) is 85.4 cm³/mol. The lowest BCUT2D eigenvalue weighted by Crippen LogP contribution is -2.26. The van der Waals surface area contributed by atoms with Crippen molar-refractivity contribution in [2.75, 3.05) is 13.7 Å². The molecule has 25 heavy (non-hydrogen) atoms. The van der Waals surface area contributed by atoms with Gasteiger partial charge in [-0.25, -0.2) is 9.50 Å². The van der Waals surface area contributed by atoms with Crippen LogP contribution in [0.25, 0.3) is 4.96 Å². The number of imidazole rings is 1. The maximum absolute atomic E-state index is 12.3. The van der Waals surface area contributed by atoms with Gasteiger partial charge in [-0.15, -0.1) is 0 Å². The summed E-state index contributed by atoms with van der Waals surface area (Å²) in [6, 6.07) is 0. The summed E-state index contributed by atoms with van der Waals surface area (Å²) in [5, 5.41) is 5.27. The Hall–Kier alpha value is -1.65. The number of nitrogens with zero attached hydrogens (tertiary/aromatic N) is 4. The van der Waals surface area contributed by atoms with Crippen LogP contribution in [0, 0.1) is 0 Å². The molecule has 6 nitrogen and oxygen atoms in total. The molecule has 0 unspecified atom stereocenters. The maximum Gasteiger partial charge on any atom is 0.389 e. The van der Waals surface area contributed by atoms with Gasteiger partial charge < -0.3 is 9.64 Å². The van der Waals surface area contributed by atoms with Crippen molar-refractivity contribution in [3.05, 3.63) is 27.5 Å². The van der Waals surface area contributed by atoms with Crippen molar-refractivity contribution in [2.24, 2.45) is 0 Å². The molecule has 0 spiro atoms. The van der Waals surface area contributed by atoms with Gasteiger partial charge in [0.25, 0.3) is 0 Å². The van der Waals surface area contributed by atoms with Crippen molar-refractivity contribution in [3.63, 3.8) is 0 Å². The Labute approximate surface area is 149 Å². The zero-order valence-corrected chi connectivity index (χ0v) is 14.7. The average molecular weight is 395 g/mol. The van der Waals surface area contributed by atoms with Gasteiger partial charge in [0.1, 0.15) is 10.7 Å². The fourth-order valence-electron chi connectivity index (χ4n) is 2.52. The van der Waals surface area contributed by atoms with Crippen molar-refractivity contribution < 1.29 is 22.7 Å². The molecule has 0 radical (unpaired) electrons. The highest BCUT2D eigenvalue weighted by molar-refractivity contribution is 7.16. The van der Waals surface area contributed by atoms with Gasteiger partial charge in [-0.1, -0.05) is 22.9 Å². The lowest BCUT2D eigenvalue weighted by atomic mass is 10.1. The Morgan fingerprint density at radius 3 is 2.88 bits per heavy atom. The van der Waals surface area contributed by atoms with Crippen LogP contribution in [0.5, 0.6) is 0 Å². The largest absolute Gasteiger partial charge is 0.389 e. The van der Waals surface area contributed by atoms with Gasteiger partial charge in [-0.2, -0.15) is 18.3 Å². The molecule has 0 atom stereocenters. The quantitative estimate of drug-likeness (QED) is 0.755. The number of hydrogen-bond acceptors (Lipinski definition) is 5. The number of halogens is 4. The topological polar surface area (TPSA) is 59.7 Å². The fraction of sp³-hybridized carbons (Fsp3) is 0.500. The highest BCUT2D eigenvalue weighted by atomic mass is 35.5. The summed E-state index contributed by atoms with van der Waals surface area (Å²) in [7, 11) is 1.55. The molecule has 1 amide bonds. The molecule has 0 aromatic carbocycles. The molecular formula is C14H14ClF3N4O2S. The highest BCUT2D eigenvalue weighted by Gasteiger charge is 2.30. The van der Waals surface area contributed by atoms with Crippen LogP contribution in [-0.4, -0.2) is 45.2 Å². The first-order chi connectivity index (χ1) is 11.8. The molecule has 3 rings (SSSR count). The number of hydrogen-bond donors (Lipinski definition) is 0. The van der Waals surface area contributed by atoms with Gasteiger partial charge in [0.05, 0.1) is 13.2 Å². The third-order valence-electron chi connectivity index (χ3n) is 3.66. The number of carbonyl (C=O) groups is 1. The van der Waals surface area contributed by atoms with Gasteiger partial charge in [0.2, 0.25) is 10.9 Å². The van der Waals surface area contributed by atoms with Gasteiger partial charge in [0, 0.05) is 26.2 Å². The lowest BCUT2D eigenvalue weighted by Gasteiger charge is -2.16. The molecule has 0 bridgehead atoms. The molecule has 136 valence electrons. The van der Waals surface area contributed by atoms with E-state index in [1.54, 1.807) is 11.6 Å². The van der Waals surface area contributed by atoms with Gasteiger partial charge >= 0.3 is 6.18 Å². The predicted octanol–water partition coefficient (Wildman–Crippen LogP) is 3.20. The van der Waals surface area contributed by atoms with Gasteiger partial charge in [0.15, 0.2) is 5.15 Å². The van der Waals surface area contributed by atoms with E-state index in [9.17, 15) is 18.0 Å². The molecule has 0 N–H and O–H groups in total. The van der Waals surface area contributed by atoms with E-state index in [1.165, 1.54) is 22.3 Å². The second-order valence-electron chi connectivity index (χ2n) is 5.58. The molecule has 0 fully saturated rings. The number of carbonyl (C=O) groups excluding carboxylic acids is 1. The van der Waals surface area contributed by atoms with E-state index >= 15 is 0 Å². The number of amides is 1. The number of ether oxygens (including phenoxy) is 1. The molecule has 11 heteroatoms. The lowest BCUT2D eigenvalue weighted by molar-refractivity contribution is -0.134. The average Bonchev–Trinajstić information content (AvgIpc) is 3.13. The molecule has 3 heterocycles. The zero-order valence-electron chi connectivity index (χ0n) is 13.1. The fourth-order valence-corrected chi connectivity index (χ4v) is 3.68. The molecule has 2 aromatic rings. The minimum Gasteiger partial charge on any atom is -0.377 e. The van der Waals surface area contributed by atoms with E-state index < -0.39 is 12.6 Å². The van der Waals surface area contributed by atoms with Crippen molar-refractivity contribution in [1.29, 1.82) is 0 Å². The van der Waals surface area contributed by atoms with Crippen molar-refractivity contribution in [1.82, 2.24) is 19.5 Å². The standard InChI is InChI=1S/C14H14ClF3N4O2S/c1-24-7-10-20-22-9(12(15)19-13(22)25-10)6-21-5-8(4-11(21)23)2-3-14(16,17)18/h4H,2-3,5-7H2,1H3. The normalized spacial score (nSPS) is 15.5. The number of fused-ring (bicyclic) bond motifs is 1. The van der Waals surface area contributed by atoms with E-state index in [1.807, 2.05) is 0 Å². The van der Waals surface area contributed by atoms with Crippen LogP contribution < -0.4 is 0 Å². The van der Waals surface area contributed by atoms with Crippen LogP contribution in [-0.2, 0) is 22.7 Å². The Balaban J connectivity index is 1.72. The van der Waals surface area contributed by atoms with Crippen molar-refractivity contribution in [2.45, 2.75) is 32.2 Å². The first-order valence-corrected chi connectivity index (χ1v) is 8.53. The number of methoxy groups -OCH3 is 1. The van der Waals surface area contributed by atoms with E-state index in [4.69, 9.17) is 16.3 Å². The molecule has 2 aromatic heterocycles. The Bertz CT molecular complexity index is 830. The van der Waals surface area contributed by atoms with E-state index in [0.717, 1.165) is 0 Å². The van der Waals surface area contributed by atoms with Crippen LogP contribution >= 0.6 is 22.9 Å². The third kappa shape index (κ3) is 4.13. The van der Waals surface area contributed by atoms with Crippen LogP contribution in [0.3, 0.4) is 0 Å². The third-order valence-corrected chi connectivity index (χ3v) is 4.85. The second-order valence-corrected chi connectivity index (χ2v) is 6.98. The molecule has 0 aliphatic carbocycles. The second kappa shape index (κ2) is 6.93. The molecule has 1 aliphatic heterocycles. The first kappa shape index (κ1) is 18.2. The van der Waals surface area contributed by atoms with E-state index in [2.05, 4.69) is 10.1 Å². The van der Waals surface area contributed by atoms with E-state index in [0.29, 0.717) is 27.8 Å². The summed E-state index contributed by atoms with van der Waals surface area (Å²) in [5.74, 6) is -0.337. The van der Waals surface area contributed by atoms with Gasteiger partial charge in [-0.3, -0.25) is 4.79 Å². The molecule has 0 saturated carbocycles. The highest BCUT2D eigenvalue weighted by Crippen LogP contribution is 2.28. The number of alkyl halides is 3. The minimum atomic E-state index is -4.24. The summed E-state index contributed by atoms with van der Waals surface area (Å²) in [5.41, 5.74) is 0.978. The summed E-state index contributed by atoms with van der Waals surface area (Å²) in [6.45, 7) is 0.603. The SMILES string of the molecule is COCc1nn2c(CN3CC(CCC(F)(F)F)=CC3=O)c(Cl)nc2s1. The maximum atomic E-state index is 12.3. The zero-order chi connectivity index (χ0) is 18.2. The van der Waals surface area contributed by atoms with Gasteiger partial charge in [-0.05, 0) is 12.0 Å². The Morgan fingerprint density at radius 1 is 1.44 bits per heavy atom. The smallest absolute Gasteiger partial charge is 0.377 e. The van der Waals surface area contributed by atoms with Crippen molar-refractivity contribution >= 4 is 33.8 Å². The molecule has 1 aliphatic rings. The minimum absolute atomic E-state index is 0.126. The first-order valence-electron chi connectivity index (χ1n) is 7.33. The van der Waals surface area contributed by atoms with Crippen LogP contribution in [0.2, 0.25) is 5.15 Å². The molecular weight excluding hydrogens is 381 g/mol. The van der Waals surface area contributed by atoms with E-state index in [-0.39, 0.29) is 30.6 Å².